The maximum atomic E-state index is 6.13. The smallest absolute Gasteiger partial charge is 0.202 e. The number of nitrogen functional groups attached to an aromatic ring is 1. The van der Waals surface area contributed by atoms with Gasteiger partial charge >= 0.3 is 0 Å². The van der Waals surface area contributed by atoms with Crippen molar-refractivity contribution in [3.05, 3.63) is 17.8 Å². The van der Waals surface area contributed by atoms with Crippen LogP contribution in [0.4, 0.5) is 5.95 Å². The molecule has 1 aliphatic carbocycles. The van der Waals surface area contributed by atoms with E-state index in [1.165, 1.54) is 25.7 Å². The summed E-state index contributed by atoms with van der Waals surface area (Å²) in [5.41, 5.74) is 9.24. The van der Waals surface area contributed by atoms with Gasteiger partial charge in [0.1, 0.15) is 5.52 Å². The van der Waals surface area contributed by atoms with E-state index in [1.54, 1.807) is 0 Å². The van der Waals surface area contributed by atoms with Gasteiger partial charge in [0.2, 0.25) is 5.95 Å². The molecule has 1 saturated carbocycles. The molecule has 0 radical (unpaired) electrons. The van der Waals surface area contributed by atoms with Crippen molar-refractivity contribution in [2.24, 2.45) is 0 Å². The largest absolute Gasteiger partial charge is 0.369 e. The van der Waals surface area contributed by atoms with Crippen LogP contribution in [0.2, 0.25) is 0 Å². The Bertz CT molecular complexity index is 622. The second-order valence-electron chi connectivity index (χ2n) is 6.24. The van der Waals surface area contributed by atoms with Gasteiger partial charge in [0.05, 0.1) is 0 Å². The van der Waals surface area contributed by atoms with Gasteiger partial charge in [0, 0.05) is 18.3 Å². The lowest BCUT2D eigenvalue weighted by atomic mass is 9.96. The van der Waals surface area contributed by atoms with Gasteiger partial charge < -0.3 is 10.6 Å². The minimum absolute atomic E-state index is 0.189. The number of anilines is 1. The maximum absolute atomic E-state index is 6.13. The lowest BCUT2D eigenvalue weighted by Gasteiger charge is -2.36. The number of hydrogen-bond donors (Lipinski definition) is 1. The normalized spacial score (nSPS) is 18.2. The highest BCUT2D eigenvalue weighted by Gasteiger charge is 2.37. The summed E-state index contributed by atoms with van der Waals surface area (Å²) in [6.07, 6.45) is 6.89. The molecule has 5 nitrogen and oxygen atoms in total. The lowest BCUT2D eigenvalue weighted by molar-refractivity contribution is 0.136. The quantitative estimate of drug-likeness (QED) is 0.931. The summed E-state index contributed by atoms with van der Waals surface area (Å²) in [4.78, 5) is 11.3. The molecule has 0 aromatic carbocycles. The molecule has 0 bridgehead atoms. The van der Waals surface area contributed by atoms with Crippen LogP contribution >= 0.6 is 0 Å². The Morgan fingerprint density at radius 1 is 1.35 bits per heavy atom. The molecule has 0 unspecified atom stereocenters. The number of aryl methyl sites for hydroxylation is 1. The minimum atomic E-state index is 0.189. The SMILES string of the molecule is Cc1cnc2c(c1)nc(N)n2CC1(N(C)C)CCCC1. The number of nitrogens with zero attached hydrogens (tertiary/aromatic N) is 4. The highest BCUT2D eigenvalue weighted by Crippen LogP contribution is 2.36. The Kier molecular flexibility index (Phi) is 3.17. The number of likely N-dealkylation sites (N-methyl/N-ethyl adjacent to an activating group) is 1. The molecule has 1 fully saturated rings. The summed E-state index contributed by atoms with van der Waals surface area (Å²) >= 11 is 0. The van der Waals surface area contributed by atoms with Crippen molar-refractivity contribution in [3.8, 4) is 0 Å². The Morgan fingerprint density at radius 2 is 2.05 bits per heavy atom. The summed E-state index contributed by atoms with van der Waals surface area (Å²) in [7, 11) is 4.33. The molecule has 3 rings (SSSR count). The molecule has 1 aliphatic rings. The monoisotopic (exact) mass is 273 g/mol. The van der Waals surface area contributed by atoms with Crippen LogP contribution in [0.1, 0.15) is 31.2 Å². The summed E-state index contributed by atoms with van der Waals surface area (Å²) in [5.74, 6) is 0.575. The van der Waals surface area contributed by atoms with Crippen molar-refractivity contribution in [2.75, 3.05) is 19.8 Å². The third-order valence-corrected chi connectivity index (χ3v) is 4.69. The zero-order valence-electron chi connectivity index (χ0n) is 12.6. The van der Waals surface area contributed by atoms with Crippen molar-refractivity contribution in [3.63, 3.8) is 0 Å². The number of pyridine rings is 1. The Morgan fingerprint density at radius 3 is 2.70 bits per heavy atom. The van der Waals surface area contributed by atoms with Crippen LogP contribution in [0, 0.1) is 6.92 Å². The number of rotatable bonds is 3. The molecule has 0 saturated heterocycles. The number of fused-ring (bicyclic) bond motifs is 1. The molecule has 5 heteroatoms. The highest BCUT2D eigenvalue weighted by atomic mass is 15.2. The summed E-state index contributed by atoms with van der Waals surface area (Å²) in [5, 5.41) is 0. The fraction of sp³-hybridized carbons (Fsp3) is 0.600. The van der Waals surface area contributed by atoms with Gasteiger partial charge in [-0.15, -0.1) is 0 Å². The fourth-order valence-electron chi connectivity index (χ4n) is 3.36. The van der Waals surface area contributed by atoms with Crippen molar-refractivity contribution in [2.45, 2.75) is 44.7 Å². The van der Waals surface area contributed by atoms with Gasteiger partial charge in [-0.1, -0.05) is 12.8 Å². The third-order valence-electron chi connectivity index (χ3n) is 4.69. The van der Waals surface area contributed by atoms with Crippen LogP contribution < -0.4 is 5.73 Å². The van der Waals surface area contributed by atoms with Gasteiger partial charge in [-0.05, 0) is 45.5 Å². The molecule has 2 aromatic heterocycles. The standard InChI is InChI=1S/C15H23N5/c1-11-8-12-13(17-9-11)20(14(16)18-12)10-15(19(2)3)6-4-5-7-15/h8-9H,4-7,10H2,1-3H3,(H2,16,18). The zero-order chi connectivity index (χ0) is 14.3. The molecule has 2 heterocycles. The van der Waals surface area contributed by atoms with E-state index in [1.807, 2.05) is 19.2 Å². The van der Waals surface area contributed by atoms with Gasteiger partial charge in [0.15, 0.2) is 5.65 Å². The molecule has 2 N–H and O–H groups in total. The summed E-state index contributed by atoms with van der Waals surface area (Å²) in [6.45, 7) is 2.90. The molecule has 0 atom stereocenters. The fourth-order valence-corrected chi connectivity index (χ4v) is 3.36. The first-order valence-corrected chi connectivity index (χ1v) is 7.28. The number of imidazole rings is 1. The van der Waals surface area contributed by atoms with Crippen molar-refractivity contribution in [1.29, 1.82) is 0 Å². The first-order valence-electron chi connectivity index (χ1n) is 7.28. The van der Waals surface area contributed by atoms with Crippen LogP contribution in [0.3, 0.4) is 0 Å². The molecule has 0 amide bonds. The summed E-state index contributed by atoms with van der Waals surface area (Å²) in [6, 6.07) is 2.05. The molecular formula is C15H23N5. The lowest BCUT2D eigenvalue weighted by Crippen LogP contribution is -2.45. The van der Waals surface area contributed by atoms with E-state index in [2.05, 4.69) is 33.5 Å². The predicted molar refractivity (Wildman–Crippen MR) is 81.6 cm³/mol. The highest BCUT2D eigenvalue weighted by molar-refractivity contribution is 5.74. The predicted octanol–water partition coefficient (Wildman–Crippen LogP) is 2.20. The van der Waals surface area contributed by atoms with Crippen LogP contribution in [0.5, 0.6) is 0 Å². The van der Waals surface area contributed by atoms with Crippen molar-refractivity contribution in [1.82, 2.24) is 19.4 Å². The van der Waals surface area contributed by atoms with E-state index >= 15 is 0 Å². The molecule has 0 spiro atoms. The topological polar surface area (TPSA) is 60.0 Å². The van der Waals surface area contributed by atoms with Gasteiger partial charge in [-0.25, -0.2) is 9.97 Å². The van der Waals surface area contributed by atoms with E-state index in [-0.39, 0.29) is 5.54 Å². The summed E-state index contributed by atoms with van der Waals surface area (Å²) < 4.78 is 2.08. The number of aromatic nitrogens is 3. The number of hydrogen-bond acceptors (Lipinski definition) is 4. The van der Waals surface area contributed by atoms with E-state index in [4.69, 9.17) is 5.73 Å². The van der Waals surface area contributed by atoms with Crippen molar-refractivity contribution >= 4 is 17.1 Å². The molecule has 2 aromatic rings. The Labute approximate surface area is 119 Å². The third kappa shape index (κ3) is 2.06. The van der Waals surface area contributed by atoms with Crippen molar-refractivity contribution < 1.29 is 0 Å². The second-order valence-corrected chi connectivity index (χ2v) is 6.24. The van der Waals surface area contributed by atoms with Gasteiger partial charge in [-0.2, -0.15) is 0 Å². The van der Waals surface area contributed by atoms with Crippen LogP contribution in [-0.2, 0) is 6.54 Å². The molecule has 108 valence electrons. The van der Waals surface area contributed by atoms with Gasteiger partial charge in [0.25, 0.3) is 0 Å². The molecule has 0 aliphatic heterocycles. The zero-order valence-corrected chi connectivity index (χ0v) is 12.6. The number of nitrogens with two attached hydrogens (primary N) is 1. The van der Waals surface area contributed by atoms with E-state index in [0.717, 1.165) is 23.3 Å². The maximum Gasteiger partial charge on any atom is 0.202 e. The Hall–Kier alpha value is -1.62. The second kappa shape index (κ2) is 4.74. The minimum Gasteiger partial charge on any atom is -0.369 e. The molecular weight excluding hydrogens is 250 g/mol. The first-order chi connectivity index (χ1) is 9.52. The van der Waals surface area contributed by atoms with Crippen LogP contribution in [0.15, 0.2) is 12.3 Å². The Balaban J connectivity index is 2.04. The van der Waals surface area contributed by atoms with E-state index in [9.17, 15) is 0 Å². The average molecular weight is 273 g/mol. The van der Waals surface area contributed by atoms with E-state index < -0.39 is 0 Å². The van der Waals surface area contributed by atoms with Crippen LogP contribution in [-0.4, -0.2) is 39.1 Å². The molecule has 20 heavy (non-hydrogen) atoms. The van der Waals surface area contributed by atoms with Gasteiger partial charge in [-0.3, -0.25) is 4.57 Å². The first kappa shape index (κ1) is 13.4. The average Bonchev–Trinajstić information content (AvgIpc) is 2.96. The van der Waals surface area contributed by atoms with E-state index in [0.29, 0.717) is 5.95 Å². The van der Waals surface area contributed by atoms with Crippen LogP contribution in [0.25, 0.3) is 11.2 Å².